The van der Waals surface area contributed by atoms with Crippen molar-refractivity contribution in [3.63, 3.8) is 0 Å². The van der Waals surface area contributed by atoms with E-state index in [4.69, 9.17) is 6.42 Å². The molecule has 1 saturated heterocycles. The van der Waals surface area contributed by atoms with Crippen LogP contribution in [0.25, 0.3) is 0 Å². The van der Waals surface area contributed by atoms with Crippen LogP contribution in [-0.2, 0) is 0 Å². The molecule has 0 atom stereocenters. The quantitative estimate of drug-likeness (QED) is 0.354. The standard InChI is InChI=1S/C14H23N3.HI/c1-3-10-16-13(15-4-2)17-11-9-14(12-17)7-5-6-8-14;/h1H,4-12H2,2H3,(H,15,16);1H. The van der Waals surface area contributed by atoms with Crippen LogP contribution in [0, 0.1) is 17.8 Å². The van der Waals surface area contributed by atoms with Gasteiger partial charge in [-0.25, -0.2) is 4.99 Å². The van der Waals surface area contributed by atoms with E-state index in [2.05, 4.69) is 28.1 Å². The van der Waals surface area contributed by atoms with E-state index in [1.54, 1.807) is 0 Å². The van der Waals surface area contributed by atoms with Gasteiger partial charge in [0.1, 0.15) is 6.54 Å². The van der Waals surface area contributed by atoms with Crippen molar-refractivity contribution in [2.75, 3.05) is 26.2 Å². The molecule has 2 aliphatic rings. The molecule has 0 aromatic carbocycles. The van der Waals surface area contributed by atoms with Crippen LogP contribution >= 0.6 is 24.0 Å². The Hall–Kier alpha value is -0.440. The third-order valence-electron chi connectivity index (χ3n) is 4.06. The molecule has 1 N–H and O–H groups in total. The maximum absolute atomic E-state index is 5.28. The van der Waals surface area contributed by atoms with Crippen LogP contribution in [0.3, 0.4) is 0 Å². The number of terminal acetylenes is 1. The number of nitrogens with one attached hydrogen (secondary N) is 1. The zero-order valence-electron chi connectivity index (χ0n) is 11.2. The Balaban J connectivity index is 0.00000162. The van der Waals surface area contributed by atoms with Crippen molar-refractivity contribution in [1.29, 1.82) is 0 Å². The Morgan fingerprint density at radius 3 is 2.72 bits per heavy atom. The summed E-state index contributed by atoms with van der Waals surface area (Å²) in [4.78, 5) is 6.86. The molecule has 0 aromatic heterocycles. The van der Waals surface area contributed by atoms with Gasteiger partial charge >= 0.3 is 0 Å². The molecule has 2 rings (SSSR count). The summed E-state index contributed by atoms with van der Waals surface area (Å²) in [5.41, 5.74) is 0.590. The molecule has 4 heteroatoms. The fourth-order valence-corrected chi connectivity index (χ4v) is 3.20. The molecular formula is C14H24IN3. The number of aliphatic imine (C=N–C) groups is 1. The molecule has 1 heterocycles. The van der Waals surface area contributed by atoms with E-state index >= 15 is 0 Å². The molecule has 3 nitrogen and oxygen atoms in total. The second-order valence-electron chi connectivity index (χ2n) is 5.25. The lowest BCUT2D eigenvalue weighted by Crippen LogP contribution is -2.41. The van der Waals surface area contributed by atoms with Crippen molar-refractivity contribution in [3.05, 3.63) is 0 Å². The number of hydrogen-bond acceptors (Lipinski definition) is 1. The second kappa shape index (κ2) is 7.22. The molecule has 2 fully saturated rings. The summed E-state index contributed by atoms with van der Waals surface area (Å²) in [5, 5.41) is 3.35. The monoisotopic (exact) mass is 361 g/mol. The molecule has 1 aliphatic carbocycles. The van der Waals surface area contributed by atoms with Crippen LogP contribution in [0.4, 0.5) is 0 Å². The van der Waals surface area contributed by atoms with Crippen molar-refractivity contribution in [3.8, 4) is 12.3 Å². The number of hydrogen-bond donors (Lipinski definition) is 1. The average molecular weight is 361 g/mol. The highest BCUT2D eigenvalue weighted by atomic mass is 127. The van der Waals surface area contributed by atoms with Gasteiger partial charge in [-0.15, -0.1) is 30.4 Å². The van der Waals surface area contributed by atoms with Crippen LogP contribution in [-0.4, -0.2) is 37.0 Å². The molecule has 0 amide bonds. The smallest absolute Gasteiger partial charge is 0.194 e. The lowest BCUT2D eigenvalue weighted by atomic mass is 9.86. The van der Waals surface area contributed by atoms with Crippen molar-refractivity contribution in [2.45, 2.75) is 39.0 Å². The Morgan fingerprint density at radius 1 is 1.39 bits per heavy atom. The molecule has 1 saturated carbocycles. The van der Waals surface area contributed by atoms with Crippen molar-refractivity contribution in [2.24, 2.45) is 10.4 Å². The maximum Gasteiger partial charge on any atom is 0.194 e. The van der Waals surface area contributed by atoms with Gasteiger partial charge in [0.15, 0.2) is 5.96 Å². The number of rotatable bonds is 2. The van der Waals surface area contributed by atoms with Gasteiger partial charge in [-0.2, -0.15) is 0 Å². The highest BCUT2D eigenvalue weighted by molar-refractivity contribution is 14.0. The summed E-state index contributed by atoms with van der Waals surface area (Å²) >= 11 is 0. The number of guanidine groups is 1. The topological polar surface area (TPSA) is 27.6 Å². The van der Waals surface area contributed by atoms with E-state index in [-0.39, 0.29) is 24.0 Å². The molecule has 0 bridgehead atoms. The van der Waals surface area contributed by atoms with E-state index in [1.807, 2.05) is 0 Å². The summed E-state index contributed by atoms with van der Waals surface area (Å²) in [6.07, 6.45) is 12.2. The Labute approximate surface area is 128 Å². The van der Waals surface area contributed by atoms with Gasteiger partial charge in [0.25, 0.3) is 0 Å². The number of nitrogens with zero attached hydrogens (tertiary/aromatic N) is 2. The van der Waals surface area contributed by atoms with E-state index in [1.165, 1.54) is 38.6 Å². The minimum Gasteiger partial charge on any atom is -0.356 e. The second-order valence-corrected chi connectivity index (χ2v) is 5.25. The van der Waals surface area contributed by atoms with Gasteiger partial charge in [0, 0.05) is 19.6 Å². The van der Waals surface area contributed by atoms with E-state index in [9.17, 15) is 0 Å². The predicted octanol–water partition coefficient (Wildman–Crippen LogP) is 2.47. The van der Waals surface area contributed by atoms with Crippen molar-refractivity contribution in [1.82, 2.24) is 10.2 Å². The lowest BCUT2D eigenvalue weighted by molar-refractivity contribution is 0.309. The first-order valence-electron chi connectivity index (χ1n) is 6.76. The zero-order valence-corrected chi connectivity index (χ0v) is 13.6. The highest BCUT2D eigenvalue weighted by Crippen LogP contribution is 2.45. The van der Waals surface area contributed by atoms with Gasteiger partial charge in [0.05, 0.1) is 0 Å². The molecule has 1 spiro atoms. The van der Waals surface area contributed by atoms with Crippen LogP contribution in [0.2, 0.25) is 0 Å². The van der Waals surface area contributed by atoms with E-state index in [0.29, 0.717) is 12.0 Å². The Kier molecular flexibility index (Phi) is 6.27. The van der Waals surface area contributed by atoms with Gasteiger partial charge < -0.3 is 10.2 Å². The summed E-state index contributed by atoms with van der Waals surface area (Å²) in [6.45, 7) is 5.80. The summed E-state index contributed by atoms with van der Waals surface area (Å²) in [5.74, 6) is 3.60. The summed E-state index contributed by atoms with van der Waals surface area (Å²) < 4.78 is 0. The largest absolute Gasteiger partial charge is 0.356 e. The molecule has 0 radical (unpaired) electrons. The van der Waals surface area contributed by atoms with Crippen LogP contribution < -0.4 is 5.32 Å². The minimum atomic E-state index is 0. The third-order valence-corrected chi connectivity index (χ3v) is 4.06. The molecule has 0 aromatic rings. The normalized spacial score (nSPS) is 21.8. The minimum absolute atomic E-state index is 0. The Morgan fingerprint density at radius 2 is 2.11 bits per heavy atom. The fourth-order valence-electron chi connectivity index (χ4n) is 3.20. The molecule has 102 valence electrons. The molecule has 0 unspecified atom stereocenters. The van der Waals surface area contributed by atoms with Gasteiger partial charge in [0.2, 0.25) is 0 Å². The lowest BCUT2D eigenvalue weighted by Gasteiger charge is -2.25. The molecule has 18 heavy (non-hydrogen) atoms. The van der Waals surface area contributed by atoms with Gasteiger partial charge in [-0.3, -0.25) is 0 Å². The molecule has 1 aliphatic heterocycles. The first-order valence-corrected chi connectivity index (χ1v) is 6.76. The van der Waals surface area contributed by atoms with Crippen LogP contribution in [0.1, 0.15) is 39.0 Å². The van der Waals surface area contributed by atoms with E-state index in [0.717, 1.165) is 19.0 Å². The molecular weight excluding hydrogens is 337 g/mol. The van der Waals surface area contributed by atoms with E-state index < -0.39 is 0 Å². The van der Waals surface area contributed by atoms with Crippen molar-refractivity contribution >= 4 is 29.9 Å². The average Bonchev–Trinajstić information content (AvgIpc) is 2.96. The van der Waals surface area contributed by atoms with Crippen LogP contribution in [0.15, 0.2) is 4.99 Å². The van der Waals surface area contributed by atoms with Crippen molar-refractivity contribution < 1.29 is 0 Å². The highest BCUT2D eigenvalue weighted by Gasteiger charge is 2.40. The fraction of sp³-hybridized carbons (Fsp3) is 0.786. The first kappa shape index (κ1) is 15.6. The summed E-state index contributed by atoms with van der Waals surface area (Å²) in [7, 11) is 0. The Bertz CT molecular complexity index is 326. The van der Waals surface area contributed by atoms with Gasteiger partial charge in [-0.05, 0) is 31.6 Å². The van der Waals surface area contributed by atoms with Gasteiger partial charge in [-0.1, -0.05) is 18.8 Å². The first-order chi connectivity index (χ1) is 8.29. The third kappa shape index (κ3) is 3.53. The zero-order chi connectivity index (χ0) is 12.1. The van der Waals surface area contributed by atoms with Crippen LogP contribution in [0.5, 0.6) is 0 Å². The number of halogens is 1. The SMILES string of the molecule is C#CCN=C(NCC)N1CCC2(CCCC2)C1.I. The maximum atomic E-state index is 5.28. The predicted molar refractivity (Wildman–Crippen MR) is 87.3 cm³/mol. The summed E-state index contributed by atoms with van der Waals surface area (Å²) in [6, 6.07) is 0. The number of likely N-dealkylation sites (tertiary alicyclic amines) is 1.